The molecular weight excluding hydrogens is 172 g/mol. The van der Waals surface area contributed by atoms with Crippen LogP contribution in [-0.2, 0) is 4.79 Å². The van der Waals surface area contributed by atoms with E-state index in [4.69, 9.17) is 5.11 Å². The predicted octanol–water partition coefficient (Wildman–Crippen LogP) is 0.559. The maximum absolute atomic E-state index is 10.9. The van der Waals surface area contributed by atoms with Gasteiger partial charge in [-0.15, -0.1) is 0 Å². The second-order valence-corrected chi connectivity index (χ2v) is 2.68. The van der Waals surface area contributed by atoms with E-state index in [0.717, 1.165) is 6.42 Å². The zero-order chi connectivity index (χ0) is 10.3. The molecule has 0 unspecified atom stereocenters. The summed E-state index contributed by atoms with van der Waals surface area (Å²) in [4.78, 5) is 21.5. The fourth-order valence-corrected chi connectivity index (χ4v) is 0.916. The number of aliphatic carboxylic acids is 1. The average Bonchev–Trinajstić information content (AvgIpc) is 2.04. The van der Waals surface area contributed by atoms with Crippen LogP contribution in [0.25, 0.3) is 0 Å². The zero-order valence-electron chi connectivity index (χ0n) is 7.96. The number of carboxylic acid groups (broad SMARTS) is 1. The third-order valence-corrected chi connectivity index (χ3v) is 1.52. The number of carbonyl (C=O) groups is 2. The van der Waals surface area contributed by atoms with Crippen molar-refractivity contribution in [1.82, 2.24) is 10.6 Å². The molecule has 0 radical (unpaired) electrons. The topological polar surface area (TPSA) is 78.4 Å². The maximum Gasteiger partial charge on any atom is 0.326 e. The molecule has 13 heavy (non-hydrogen) atoms. The molecule has 0 rings (SSSR count). The van der Waals surface area contributed by atoms with Crippen LogP contribution in [0.3, 0.4) is 0 Å². The van der Waals surface area contributed by atoms with Crippen molar-refractivity contribution in [3.8, 4) is 0 Å². The monoisotopic (exact) mass is 188 g/mol. The van der Waals surface area contributed by atoms with Gasteiger partial charge in [-0.05, 0) is 13.3 Å². The largest absolute Gasteiger partial charge is 0.480 e. The Labute approximate surface area is 77.5 Å². The minimum absolute atomic E-state index is 0.427. The maximum atomic E-state index is 10.9. The van der Waals surface area contributed by atoms with E-state index in [9.17, 15) is 9.59 Å². The van der Waals surface area contributed by atoms with Crippen molar-refractivity contribution in [2.75, 3.05) is 6.54 Å². The van der Waals surface area contributed by atoms with Gasteiger partial charge in [-0.1, -0.05) is 13.3 Å². The molecule has 0 heterocycles. The molecule has 0 fully saturated rings. The second kappa shape index (κ2) is 6.28. The fourth-order valence-electron chi connectivity index (χ4n) is 0.916. The Kier molecular flexibility index (Phi) is 5.67. The summed E-state index contributed by atoms with van der Waals surface area (Å²) < 4.78 is 0. The number of amides is 2. The van der Waals surface area contributed by atoms with Crippen molar-refractivity contribution < 1.29 is 14.7 Å². The molecule has 2 amide bonds. The van der Waals surface area contributed by atoms with Crippen LogP contribution >= 0.6 is 0 Å². The van der Waals surface area contributed by atoms with Crippen LogP contribution < -0.4 is 10.6 Å². The van der Waals surface area contributed by atoms with E-state index in [1.165, 1.54) is 0 Å². The number of nitrogens with one attached hydrogen (secondary N) is 2. The van der Waals surface area contributed by atoms with E-state index in [1.54, 1.807) is 6.92 Å². The third-order valence-electron chi connectivity index (χ3n) is 1.52. The molecule has 0 aromatic carbocycles. The molecule has 0 bridgehead atoms. The first kappa shape index (κ1) is 11.7. The summed E-state index contributed by atoms with van der Waals surface area (Å²) in [7, 11) is 0. The first-order valence-electron chi connectivity index (χ1n) is 4.39. The zero-order valence-corrected chi connectivity index (χ0v) is 7.96. The van der Waals surface area contributed by atoms with Crippen LogP contribution in [0.15, 0.2) is 0 Å². The molecule has 1 atom stereocenters. The van der Waals surface area contributed by atoms with Gasteiger partial charge in [0, 0.05) is 6.54 Å². The van der Waals surface area contributed by atoms with Crippen LogP contribution in [0.1, 0.15) is 26.7 Å². The van der Waals surface area contributed by atoms with Gasteiger partial charge in [0.15, 0.2) is 0 Å². The molecule has 76 valence electrons. The molecule has 0 aliphatic carbocycles. The van der Waals surface area contributed by atoms with Gasteiger partial charge in [0.25, 0.3) is 0 Å². The van der Waals surface area contributed by atoms with Crippen molar-refractivity contribution in [2.24, 2.45) is 0 Å². The van der Waals surface area contributed by atoms with Crippen LogP contribution in [-0.4, -0.2) is 29.7 Å². The number of urea groups is 1. The van der Waals surface area contributed by atoms with Crippen LogP contribution in [0.4, 0.5) is 4.79 Å². The number of hydrogen-bond donors (Lipinski definition) is 3. The minimum atomic E-state index is -0.992. The van der Waals surface area contributed by atoms with Gasteiger partial charge in [-0.25, -0.2) is 9.59 Å². The van der Waals surface area contributed by atoms with E-state index < -0.39 is 18.0 Å². The normalized spacial score (nSPS) is 11.8. The molecule has 5 heteroatoms. The smallest absolute Gasteiger partial charge is 0.326 e. The minimum Gasteiger partial charge on any atom is -0.480 e. The summed E-state index contributed by atoms with van der Waals surface area (Å²) in [5, 5.41) is 13.5. The number of hydrogen-bond acceptors (Lipinski definition) is 2. The number of carboxylic acids is 1. The molecule has 0 aromatic heterocycles. The van der Waals surface area contributed by atoms with E-state index >= 15 is 0 Å². The first-order valence-corrected chi connectivity index (χ1v) is 4.39. The standard InChI is InChI=1S/C8H16N2O3/c1-3-5-6(7(11)12)10-8(13)9-4-2/h6H,3-5H2,1-2H3,(H,11,12)(H2,9,10,13)/t6-/m0/s1. The SMILES string of the molecule is CCC[C@H](NC(=O)NCC)C(=O)O. The van der Waals surface area contributed by atoms with E-state index in [2.05, 4.69) is 10.6 Å². The van der Waals surface area contributed by atoms with E-state index in [-0.39, 0.29) is 0 Å². The van der Waals surface area contributed by atoms with Crippen LogP contribution in [0, 0.1) is 0 Å². The summed E-state index contributed by atoms with van der Waals surface area (Å²) in [5.41, 5.74) is 0. The molecule has 0 spiro atoms. The van der Waals surface area contributed by atoms with Crippen molar-refractivity contribution in [3.05, 3.63) is 0 Å². The molecular formula is C8H16N2O3. The molecule has 3 N–H and O–H groups in total. The molecule has 5 nitrogen and oxygen atoms in total. The number of carbonyl (C=O) groups excluding carboxylic acids is 1. The molecule has 0 aliphatic rings. The van der Waals surface area contributed by atoms with Gasteiger partial charge >= 0.3 is 12.0 Å². The van der Waals surface area contributed by atoms with Gasteiger partial charge in [0.2, 0.25) is 0 Å². The van der Waals surface area contributed by atoms with Crippen LogP contribution in [0.2, 0.25) is 0 Å². The molecule has 0 aliphatic heterocycles. The summed E-state index contributed by atoms with van der Waals surface area (Å²) >= 11 is 0. The first-order chi connectivity index (χ1) is 6.11. The Morgan fingerprint density at radius 3 is 2.38 bits per heavy atom. The Bertz CT molecular complexity index is 182. The second-order valence-electron chi connectivity index (χ2n) is 2.68. The average molecular weight is 188 g/mol. The lowest BCUT2D eigenvalue weighted by Crippen LogP contribution is -2.45. The lowest BCUT2D eigenvalue weighted by Gasteiger charge is -2.13. The van der Waals surface area contributed by atoms with Gasteiger partial charge < -0.3 is 15.7 Å². The summed E-state index contributed by atoms with van der Waals surface area (Å²) in [6, 6.07) is -1.21. The highest BCUT2D eigenvalue weighted by Gasteiger charge is 2.17. The highest BCUT2D eigenvalue weighted by molar-refractivity contribution is 5.82. The molecule has 0 saturated heterocycles. The highest BCUT2D eigenvalue weighted by Crippen LogP contribution is 1.96. The quantitative estimate of drug-likeness (QED) is 0.589. The van der Waals surface area contributed by atoms with Gasteiger partial charge in [0.05, 0.1) is 0 Å². The molecule has 0 saturated carbocycles. The Hall–Kier alpha value is -1.26. The molecule has 0 aromatic rings. The Morgan fingerprint density at radius 1 is 1.38 bits per heavy atom. The van der Waals surface area contributed by atoms with Crippen molar-refractivity contribution in [2.45, 2.75) is 32.7 Å². The highest BCUT2D eigenvalue weighted by atomic mass is 16.4. The van der Waals surface area contributed by atoms with Crippen molar-refractivity contribution >= 4 is 12.0 Å². The van der Waals surface area contributed by atoms with Gasteiger partial charge in [-0.3, -0.25) is 0 Å². The summed E-state index contributed by atoms with van der Waals surface area (Å²) in [5.74, 6) is -0.992. The summed E-state index contributed by atoms with van der Waals surface area (Å²) in [6.45, 7) is 4.13. The lowest BCUT2D eigenvalue weighted by atomic mass is 10.2. The van der Waals surface area contributed by atoms with Crippen molar-refractivity contribution in [3.63, 3.8) is 0 Å². The fraction of sp³-hybridized carbons (Fsp3) is 0.750. The summed E-state index contributed by atoms with van der Waals surface area (Å²) in [6.07, 6.45) is 1.18. The van der Waals surface area contributed by atoms with Gasteiger partial charge in [-0.2, -0.15) is 0 Å². The van der Waals surface area contributed by atoms with Crippen LogP contribution in [0.5, 0.6) is 0 Å². The Balaban J connectivity index is 3.94. The predicted molar refractivity (Wildman–Crippen MR) is 48.5 cm³/mol. The van der Waals surface area contributed by atoms with Crippen molar-refractivity contribution in [1.29, 1.82) is 0 Å². The third kappa shape index (κ3) is 5.05. The Morgan fingerprint density at radius 2 is 2.00 bits per heavy atom. The number of rotatable bonds is 5. The van der Waals surface area contributed by atoms with E-state index in [0.29, 0.717) is 13.0 Å². The lowest BCUT2D eigenvalue weighted by molar-refractivity contribution is -0.139. The van der Waals surface area contributed by atoms with E-state index in [1.807, 2.05) is 6.92 Å². The van der Waals surface area contributed by atoms with Gasteiger partial charge in [0.1, 0.15) is 6.04 Å².